The molecule has 3 atom stereocenters. The van der Waals surface area contributed by atoms with Crippen LogP contribution in [0.25, 0.3) is 0 Å². The van der Waals surface area contributed by atoms with Gasteiger partial charge in [0.1, 0.15) is 12.6 Å². The van der Waals surface area contributed by atoms with E-state index in [2.05, 4.69) is 30.5 Å². The minimum Gasteiger partial charge on any atom is -0.480 e. The number of unbranched alkanes of at least 4 members (excludes halogenated alkanes) is 18. The van der Waals surface area contributed by atoms with Gasteiger partial charge < -0.3 is 25.2 Å². The third-order valence-electron chi connectivity index (χ3n) is 7.76. The molecule has 0 aliphatic rings. The molecule has 0 amide bonds. The summed E-state index contributed by atoms with van der Waals surface area (Å²) >= 11 is 0. The number of rotatable bonds is 34. The van der Waals surface area contributed by atoms with E-state index in [0.29, 0.717) is 12.8 Å². The van der Waals surface area contributed by atoms with Gasteiger partial charge >= 0.3 is 25.7 Å². The van der Waals surface area contributed by atoms with Crippen molar-refractivity contribution in [2.24, 2.45) is 5.73 Å². The van der Waals surface area contributed by atoms with Crippen LogP contribution in [0.4, 0.5) is 0 Å². The van der Waals surface area contributed by atoms with E-state index in [0.717, 1.165) is 57.8 Å². The Labute approximate surface area is 284 Å². The van der Waals surface area contributed by atoms with E-state index in [1.165, 1.54) is 64.2 Å². The summed E-state index contributed by atoms with van der Waals surface area (Å²) in [4.78, 5) is 45.6. The van der Waals surface area contributed by atoms with Gasteiger partial charge in [-0.05, 0) is 38.5 Å². The summed E-state index contributed by atoms with van der Waals surface area (Å²) in [5, 5.41) is 8.83. The Morgan fingerprint density at radius 1 is 0.638 bits per heavy atom. The van der Waals surface area contributed by atoms with Crippen molar-refractivity contribution in [3.63, 3.8) is 0 Å². The van der Waals surface area contributed by atoms with Crippen molar-refractivity contribution < 1.29 is 47.5 Å². The number of hydrogen-bond acceptors (Lipinski definition) is 9. The zero-order valence-electron chi connectivity index (χ0n) is 29.4. The van der Waals surface area contributed by atoms with E-state index in [9.17, 15) is 23.8 Å². The number of carboxylic acids is 1. The van der Waals surface area contributed by atoms with Gasteiger partial charge in [-0.2, -0.15) is 0 Å². The topological polar surface area (TPSA) is 172 Å². The second-order valence-electron chi connectivity index (χ2n) is 12.4. The number of esters is 2. The van der Waals surface area contributed by atoms with Crippen LogP contribution in [-0.2, 0) is 37.5 Å². The molecule has 0 saturated carbocycles. The Hall–Kier alpha value is -1.78. The summed E-state index contributed by atoms with van der Waals surface area (Å²) in [6, 6.07) is -1.52. The molecule has 0 radical (unpaired) electrons. The van der Waals surface area contributed by atoms with Gasteiger partial charge in [0.25, 0.3) is 0 Å². The van der Waals surface area contributed by atoms with Crippen molar-refractivity contribution in [3.05, 3.63) is 12.2 Å². The van der Waals surface area contributed by atoms with Crippen LogP contribution in [0.5, 0.6) is 0 Å². The molecule has 0 bridgehead atoms. The molecule has 0 aromatic heterocycles. The number of hydrogen-bond donors (Lipinski definition) is 3. The zero-order chi connectivity index (χ0) is 35.0. The standard InChI is InChI=1S/C35H66NO10P/c1-3-5-7-9-11-13-14-15-16-17-19-20-22-24-26-33(37)43-28-31(29-44-47(41,42)45-30-32(36)35(39)40)46-34(38)27-25-23-21-18-12-10-8-6-4-2/h14-15,31-32H,3-13,16-30,36H2,1-2H3,(H,39,40)(H,41,42)/b15-14+/t31-,32+/m0/s1. The van der Waals surface area contributed by atoms with Crippen molar-refractivity contribution in [1.82, 2.24) is 0 Å². The normalized spacial score (nSPS) is 14.1. The average molecular weight is 692 g/mol. The molecule has 4 N–H and O–H groups in total. The quantitative estimate of drug-likeness (QED) is 0.0255. The minimum absolute atomic E-state index is 0.163. The van der Waals surface area contributed by atoms with Crippen LogP contribution in [0.2, 0.25) is 0 Å². The van der Waals surface area contributed by atoms with Gasteiger partial charge in [-0.15, -0.1) is 0 Å². The average Bonchev–Trinajstić information content (AvgIpc) is 3.04. The van der Waals surface area contributed by atoms with E-state index >= 15 is 0 Å². The molecule has 12 heteroatoms. The van der Waals surface area contributed by atoms with E-state index in [1.807, 2.05) is 0 Å². The van der Waals surface area contributed by atoms with Crippen LogP contribution >= 0.6 is 7.82 Å². The molecular formula is C35H66NO10P. The van der Waals surface area contributed by atoms with E-state index in [4.69, 9.17) is 24.8 Å². The minimum atomic E-state index is -4.70. The molecule has 276 valence electrons. The maximum atomic E-state index is 12.5. The lowest BCUT2D eigenvalue weighted by Gasteiger charge is -2.20. The number of carbonyl (C=O) groups excluding carboxylic acids is 2. The molecular weight excluding hydrogens is 625 g/mol. The predicted octanol–water partition coefficient (Wildman–Crippen LogP) is 8.56. The van der Waals surface area contributed by atoms with Crippen LogP contribution in [-0.4, -0.2) is 59.9 Å². The first-order chi connectivity index (χ1) is 22.6. The largest absolute Gasteiger partial charge is 0.480 e. The van der Waals surface area contributed by atoms with Crippen LogP contribution in [0.1, 0.15) is 162 Å². The number of phosphoric acid groups is 1. The molecule has 11 nitrogen and oxygen atoms in total. The third-order valence-corrected chi connectivity index (χ3v) is 8.71. The molecule has 1 unspecified atom stereocenters. The number of aliphatic carboxylic acids is 1. The maximum Gasteiger partial charge on any atom is 0.472 e. The van der Waals surface area contributed by atoms with Crippen molar-refractivity contribution in [2.45, 2.75) is 174 Å². The van der Waals surface area contributed by atoms with E-state index < -0.39 is 51.1 Å². The molecule has 0 spiro atoms. The van der Waals surface area contributed by atoms with Gasteiger partial charge in [0.05, 0.1) is 13.2 Å². The first kappa shape index (κ1) is 45.2. The first-order valence-electron chi connectivity index (χ1n) is 18.2. The highest BCUT2D eigenvalue weighted by atomic mass is 31.2. The van der Waals surface area contributed by atoms with Crippen molar-refractivity contribution >= 4 is 25.7 Å². The lowest BCUT2D eigenvalue weighted by atomic mass is 10.1. The Bertz CT molecular complexity index is 869. The highest BCUT2D eigenvalue weighted by Crippen LogP contribution is 2.43. The van der Waals surface area contributed by atoms with Crippen molar-refractivity contribution in [1.29, 1.82) is 0 Å². The molecule has 0 aliphatic carbocycles. The van der Waals surface area contributed by atoms with Crippen LogP contribution in [0, 0.1) is 0 Å². The SMILES string of the molecule is CCCCCCC/C=C/CCCCCCCC(=O)OC[C@@H](COP(=O)(O)OC[C@@H](N)C(=O)O)OC(=O)CCCCCCCCCCC. The highest BCUT2D eigenvalue weighted by Gasteiger charge is 2.28. The van der Waals surface area contributed by atoms with Crippen molar-refractivity contribution in [2.75, 3.05) is 19.8 Å². The maximum absolute atomic E-state index is 12.5. The van der Waals surface area contributed by atoms with Crippen LogP contribution in [0.3, 0.4) is 0 Å². The second-order valence-corrected chi connectivity index (χ2v) is 13.8. The van der Waals surface area contributed by atoms with Gasteiger partial charge in [-0.25, -0.2) is 4.57 Å². The Morgan fingerprint density at radius 2 is 1.06 bits per heavy atom. The molecule has 0 fully saturated rings. The summed E-state index contributed by atoms with van der Waals surface area (Å²) in [5.74, 6) is -2.39. The molecule has 0 saturated heterocycles. The highest BCUT2D eigenvalue weighted by molar-refractivity contribution is 7.47. The van der Waals surface area contributed by atoms with Gasteiger partial charge in [0.2, 0.25) is 0 Å². The third kappa shape index (κ3) is 31.3. The lowest BCUT2D eigenvalue weighted by molar-refractivity contribution is -0.161. The van der Waals surface area contributed by atoms with Crippen LogP contribution in [0.15, 0.2) is 12.2 Å². The van der Waals surface area contributed by atoms with E-state index in [1.54, 1.807) is 0 Å². The Morgan fingerprint density at radius 3 is 1.55 bits per heavy atom. The fourth-order valence-electron chi connectivity index (χ4n) is 4.82. The summed E-state index contributed by atoms with van der Waals surface area (Å²) in [6.07, 6.45) is 27.2. The summed E-state index contributed by atoms with van der Waals surface area (Å²) in [7, 11) is -4.70. The van der Waals surface area contributed by atoms with E-state index in [-0.39, 0.29) is 19.4 Å². The van der Waals surface area contributed by atoms with Gasteiger partial charge in [-0.3, -0.25) is 23.4 Å². The fraction of sp³-hybridized carbons (Fsp3) is 0.857. The van der Waals surface area contributed by atoms with Crippen molar-refractivity contribution in [3.8, 4) is 0 Å². The number of carbonyl (C=O) groups is 3. The second kappa shape index (κ2) is 31.5. The zero-order valence-corrected chi connectivity index (χ0v) is 30.3. The summed E-state index contributed by atoms with van der Waals surface area (Å²) < 4.78 is 32.4. The van der Waals surface area contributed by atoms with Gasteiger partial charge in [-0.1, -0.05) is 122 Å². The fourth-order valence-corrected chi connectivity index (χ4v) is 5.60. The van der Waals surface area contributed by atoms with Crippen LogP contribution < -0.4 is 5.73 Å². The molecule has 0 aromatic carbocycles. The predicted molar refractivity (Wildman–Crippen MR) is 185 cm³/mol. The molecule has 0 heterocycles. The van der Waals surface area contributed by atoms with Gasteiger partial charge in [0, 0.05) is 12.8 Å². The number of phosphoric ester groups is 1. The molecule has 47 heavy (non-hydrogen) atoms. The molecule has 0 aliphatic heterocycles. The monoisotopic (exact) mass is 691 g/mol. The number of carboxylic acid groups (broad SMARTS) is 1. The Kier molecular flexibility index (Phi) is 30.3. The molecule has 0 rings (SSSR count). The first-order valence-corrected chi connectivity index (χ1v) is 19.7. The lowest BCUT2D eigenvalue weighted by Crippen LogP contribution is -2.34. The number of allylic oxidation sites excluding steroid dienone is 2. The summed E-state index contributed by atoms with van der Waals surface area (Å²) in [5.41, 5.74) is 5.30. The Balaban J connectivity index is 4.44. The summed E-state index contributed by atoms with van der Waals surface area (Å²) in [6.45, 7) is 2.73. The molecule has 0 aromatic rings. The number of ether oxygens (including phenoxy) is 2. The van der Waals surface area contributed by atoms with Gasteiger partial charge in [0.15, 0.2) is 6.10 Å². The number of nitrogens with two attached hydrogens (primary N) is 1. The smallest absolute Gasteiger partial charge is 0.472 e.